The topological polar surface area (TPSA) is 87.7 Å². The van der Waals surface area contributed by atoms with Crippen LogP contribution in [-0.2, 0) is 19.1 Å². The highest BCUT2D eigenvalue weighted by Gasteiger charge is 2.51. The van der Waals surface area contributed by atoms with Crippen LogP contribution in [0.15, 0.2) is 29.5 Å². The smallest absolute Gasteiger partial charge is 0.356 e. The zero-order valence-corrected chi connectivity index (χ0v) is 12.7. The minimum absolute atomic E-state index is 0.0205. The summed E-state index contributed by atoms with van der Waals surface area (Å²) in [7, 11) is 1.18. The summed E-state index contributed by atoms with van der Waals surface area (Å²) in [6.45, 7) is 0. The number of imide groups is 1. The second kappa shape index (κ2) is 5.28. The fourth-order valence-electron chi connectivity index (χ4n) is 2.37. The van der Waals surface area contributed by atoms with Crippen molar-refractivity contribution in [2.75, 3.05) is 12.0 Å². The van der Waals surface area contributed by atoms with Crippen molar-refractivity contribution >= 4 is 46.7 Å². The van der Waals surface area contributed by atoms with Crippen LogP contribution in [-0.4, -0.2) is 30.9 Å². The Labute approximate surface area is 134 Å². The van der Waals surface area contributed by atoms with Gasteiger partial charge in [-0.1, -0.05) is 29.3 Å². The van der Waals surface area contributed by atoms with Gasteiger partial charge in [0.2, 0.25) is 0 Å². The van der Waals surface area contributed by atoms with Crippen LogP contribution >= 0.6 is 23.2 Å². The lowest BCUT2D eigenvalue weighted by Gasteiger charge is -2.18. The molecule has 1 aromatic rings. The van der Waals surface area contributed by atoms with E-state index in [1.807, 2.05) is 0 Å². The number of anilines is 1. The number of hydrogen-bond acceptors (Lipinski definition) is 6. The van der Waals surface area contributed by atoms with Crippen LogP contribution in [0.1, 0.15) is 0 Å². The number of carbonyl (C=O) groups is 3. The van der Waals surface area contributed by atoms with E-state index in [4.69, 9.17) is 23.2 Å². The van der Waals surface area contributed by atoms with Gasteiger partial charge >= 0.3 is 5.97 Å². The fraction of sp³-hybridized carbons (Fsp3) is 0.154. The summed E-state index contributed by atoms with van der Waals surface area (Å²) in [5, 5.41) is 0.310. The number of halogens is 2. The lowest BCUT2D eigenvalue weighted by atomic mass is 10.1. The van der Waals surface area contributed by atoms with E-state index >= 15 is 0 Å². The molecule has 2 amide bonds. The molecule has 114 valence electrons. The third-order valence-corrected chi connectivity index (χ3v) is 3.96. The molecule has 2 aliphatic rings. The molecule has 0 bridgehead atoms. The number of nitrogens with zero attached hydrogens (tertiary/aromatic N) is 1. The molecule has 2 heterocycles. The lowest BCUT2D eigenvalue weighted by Crippen LogP contribution is -2.42. The molecule has 1 saturated heterocycles. The van der Waals surface area contributed by atoms with Crippen LogP contribution in [0.25, 0.3) is 0 Å². The van der Waals surface area contributed by atoms with Crippen LogP contribution in [0, 0.1) is 0 Å². The predicted octanol–water partition coefficient (Wildman–Crippen LogP) is 0.770. The molecular weight excluding hydrogens is 333 g/mol. The van der Waals surface area contributed by atoms with Crippen LogP contribution in [0.2, 0.25) is 10.0 Å². The van der Waals surface area contributed by atoms with Crippen molar-refractivity contribution in [2.45, 2.75) is 6.04 Å². The number of rotatable bonds is 2. The van der Waals surface area contributed by atoms with Crippen molar-refractivity contribution in [3.05, 3.63) is 39.5 Å². The summed E-state index contributed by atoms with van der Waals surface area (Å²) in [4.78, 5) is 37.6. The van der Waals surface area contributed by atoms with E-state index in [2.05, 4.69) is 15.6 Å². The van der Waals surface area contributed by atoms with Gasteiger partial charge in [0.1, 0.15) is 11.7 Å². The predicted molar refractivity (Wildman–Crippen MR) is 78.1 cm³/mol. The molecule has 2 aliphatic heterocycles. The molecule has 1 fully saturated rings. The highest BCUT2D eigenvalue weighted by atomic mass is 35.5. The average molecular weight is 342 g/mol. The third-order valence-electron chi connectivity index (χ3n) is 3.35. The Hall–Kier alpha value is -2.09. The molecule has 22 heavy (non-hydrogen) atoms. The third kappa shape index (κ3) is 1.98. The van der Waals surface area contributed by atoms with Gasteiger partial charge in [-0.05, 0) is 12.1 Å². The van der Waals surface area contributed by atoms with Crippen LogP contribution < -0.4 is 15.8 Å². The molecule has 9 heteroatoms. The summed E-state index contributed by atoms with van der Waals surface area (Å²) in [6, 6.07) is 3.63. The SMILES string of the molecule is COC(=O)C1=C2C(=O)N(c3c(Cl)cccc3Cl)C(=O)C2NN1. The molecule has 2 N–H and O–H groups in total. The number of carbonyl (C=O) groups excluding carboxylic acids is 3. The summed E-state index contributed by atoms with van der Waals surface area (Å²) < 4.78 is 4.58. The van der Waals surface area contributed by atoms with E-state index in [0.717, 1.165) is 4.90 Å². The van der Waals surface area contributed by atoms with Gasteiger partial charge in [0, 0.05) is 0 Å². The lowest BCUT2D eigenvalue weighted by molar-refractivity contribution is -0.137. The second-order valence-corrected chi connectivity index (χ2v) is 5.35. The van der Waals surface area contributed by atoms with Crippen molar-refractivity contribution < 1.29 is 19.1 Å². The number of hydrogen-bond donors (Lipinski definition) is 2. The molecule has 0 radical (unpaired) electrons. The number of nitrogens with one attached hydrogen (secondary N) is 2. The highest BCUT2D eigenvalue weighted by Crippen LogP contribution is 2.38. The zero-order valence-electron chi connectivity index (χ0n) is 11.1. The van der Waals surface area contributed by atoms with E-state index in [-0.39, 0.29) is 27.0 Å². The van der Waals surface area contributed by atoms with E-state index in [0.29, 0.717) is 0 Å². The summed E-state index contributed by atoms with van der Waals surface area (Å²) in [6.07, 6.45) is 0. The number of benzene rings is 1. The van der Waals surface area contributed by atoms with E-state index in [1.165, 1.54) is 19.2 Å². The van der Waals surface area contributed by atoms with E-state index in [9.17, 15) is 14.4 Å². The first kappa shape index (κ1) is 14.8. The number of fused-ring (bicyclic) bond motifs is 1. The highest BCUT2D eigenvalue weighted by molar-refractivity contribution is 6.44. The first-order chi connectivity index (χ1) is 10.5. The van der Waals surface area contributed by atoms with Crippen molar-refractivity contribution in [1.82, 2.24) is 10.9 Å². The normalized spacial score (nSPS) is 20.3. The van der Waals surface area contributed by atoms with Crippen molar-refractivity contribution in [3.63, 3.8) is 0 Å². The molecule has 3 rings (SSSR count). The Morgan fingerprint density at radius 1 is 1.27 bits per heavy atom. The molecule has 0 spiro atoms. The molecular formula is C13H9Cl2N3O4. The summed E-state index contributed by atoms with van der Waals surface area (Å²) >= 11 is 12.1. The molecule has 0 aromatic heterocycles. The van der Waals surface area contributed by atoms with Gasteiger partial charge in [0.25, 0.3) is 11.8 Å². The molecule has 1 aromatic carbocycles. The maximum Gasteiger partial charge on any atom is 0.356 e. The number of hydrazine groups is 1. The summed E-state index contributed by atoms with van der Waals surface area (Å²) in [5.41, 5.74) is 5.04. The van der Waals surface area contributed by atoms with Gasteiger partial charge in [-0.2, -0.15) is 0 Å². The molecule has 1 atom stereocenters. The van der Waals surface area contributed by atoms with Gasteiger partial charge < -0.3 is 10.2 Å². The Bertz CT molecular complexity index is 727. The quantitative estimate of drug-likeness (QED) is 0.610. The van der Waals surface area contributed by atoms with Gasteiger partial charge in [0.05, 0.1) is 28.4 Å². The number of amides is 2. The van der Waals surface area contributed by atoms with Crippen molar-refractivity contribution in [2.24, 2.45) is 0 Å². The van der Waals surface area contributed by atoms with Crippen molar-refractivity contribution in [3.8, 4) is 0 Å². The van der Waals surface area contributed by atoms with Crippen LogP contribution in [0.4, 0.5) is 5.69 Å². The average Bonchev–Trinajstić information content (AvgIpc) is 3.02. The molecule has 0 aliphatic carbocycles. The first-order valence-electron chi connectivity index (χ1n) is 6.13. The van der Waals surface area contributed by atoms with Gasteiger partial charge in [-0.25, -0.2) is 15.1 Å². The van der Waals surface area contributed by atoms with Crippen molar-refractivity contribution in [1.29, 1.82) is 0 Å². The molecule has 1 unspecified atom stereocenters. The number of para-hydroxylation sites is 1. The van der Waals surface area contributed by atoms with Gasteiger partial charge in [0.15, 0.2) is 0 Å². The van der Waals surface area contributed by atoms with E-state index in [1.54, 1.807) is 6.07 Å². The standard InChI is InChI=1S/C13H9Cl2N3O4/c1-22-13(21)9-7-8(16-17-9)12(20)18(11(7)19)10-5(14)3-2-4-6(10)15/h2-4,8,16-17H,1H3. The largest absolute Gasteiger partial charge is 0.464 e. The first-order valence-corrected chi connectivity index (χ1v) is 6.89. The zero-order chi connectivity index (χ0) is 16.0. The second-order valence-electron chi connectivity index (χ2n) is 4.53. The van der Waals surface area contributed by atoms with Gasteiger partial charge in [-0.15, -0.1) is 0 Å². The Morgan fingerprint density at radius 3 is 2.50 bits per heavy atom. The molecule has 0 saturated carbocycles. The minimum atomic E-state index is -0.992. The monoisotopic (exact) mass is 341 g/mol. The summed E-state index contributed by atoms with van der Waals surface area (Å²) in [5.74, 6) is -2.01. The van der Waals surface area contributed by atoms with Gasteiger partial charge in [-0.3, -0.25) is 9.59 Å². The maximum atomic E-state index is 12.6. The fourth-order valence-corrected chi connectivity index (χ4v) is 2.94. The molecule has 7 nitrogen and oxygen atoms in total. The number of esters is 1. The van der Waals surface area contributed by atoms with E-state index < -0.39 is 23.8 Å². The Morgan fingerprint density at radius 2 is 1.91 bits per heavy atom. The number of methoxy groups -OCH3 is 1. The minimum Gasteiger partial charge on any atom is -0.464 e. The Balaban J connectivity index is 2.13. The van der Waals surface area contributed by atoms with Crippen LogP contribution in [0.3, 0.4) is 0 Å². The Kier molecular flexibility index (Phi) is 3.56. The number of ether oxygens (including phenoxy) is 1. The van der Waals surface area contributed by atoms with Crippen LogP contribution in [0.5, 0.6) is 0 Å². The maximum absolute atomic E-state index is 12.6.